The Morgan fingerprint density at radius 1 is 1.15 bits per heavy atom. The molecule has 0 fully saturated rings. The van der Waals surface area contributed by atoms with Crippen LogP contribution in [0.1, 0.15) is 31.4 Å². The Hall–Kier alpha value is -3.33. The van der Waals surface area contributed by atoms with Gasteiger partial charge in [-0.05, 0) is 54.8 Å². The first kappa shape index (κ1) is 19.0. The second-order valence-corrected chi connectivity index (χ2v) is 5.46. The molecule has 134 valence electrons. The molecular formula is C20H20N2O4. The summed E-state index contributed by atoms with van der Waals surface area (Å²) in [6.07, 6.45) is 2.61. The fourth-order valence-electron chi connectivity index (χ4n) is 2.32. The number of nitrogens with zero attached hydrogens (tertiary/aromatic N) is 2. The highest BCUT2D eigenvalue weighted by Gasteiger charge is 2.09. The van der Waals surface area contributed by atoms with Crippen molar-refractivity contribution in [3.8, 4) is 17.6 Å². The summed E-state index contributed by atoms with van der Waals surface area (Å²) in [5.41, 5.74) is 1.79. The SMILES string of the molecule is CCCOc1ccc(/C=C(\C#N)c2ccc([N+](=O)[O-])cc2)cc1OCC. The fraction of sp³-hybridized carbons (Fsp3) is 0.250. The van der Waals surface area contributed by atoms with Gasteiger partial charge in [0.1, 0.15) is 0 Å². The van der Waals surface area contributed by atoms with Gasteiger partial charge in [0.25, 0.3) is 5.69 Å². The van der Waals surface area contributed by atoms with Crippen molar-refractivity contribution in [2.75, 3.05) is 13.2 Å². The molecule has 2 aromatic carbocycles. The number of benzene rings is 2. The van der Waals surface area contributed by atoms with E-state index in [0.29, 0.717) is 35.8 Å². The predicted molar refractivity (Wildman–Crippen MR) is 100.0 cm³/mol. The average molecular weight is 352 g/mol. The predicted octanol–water partition coefficient (Wildman–Crippen LogP) is 4.85. The number of hydrogen-bond donors (Lipinski definition) is 0. The Balaban J connectivity index is 2.34. The minimum Gasteiger partial charge on any atom is -0.490 e. The number of nitro groups is 1. The van der Waals surface area contributed by atoms with Crippen LogP contribution in [0.3, 0.4) is 0 Å². The molecule has 0 unspecified atom stereocenters. The molecule has 0 aliphatic heterocycles. The van der Waals surface area contributed by atoms with Crippen molar-refractivity contribution >= 4 is 17.3 Å². The van der Waals surface area contributed by atoms with Gasteiger partial charge >= 0.3 is 0 Å². The third-order valence-corrected chi connectivity index (χ3v) is 3.55. The number of allylic oxidation sites excluding steroid dienone is 1. The molecule has 0 radical (unpaired) electrons. The van der Waals surface area contributed by atoms with Crippen LogP contribution in [-0.4, -0.2) is 18.1 Å². The van der Waals surface area contributed by atoms with Gasteiger partial charge in [0.15, 0.2) is 11.5 Å². The second kappa shape index (κ2) is 9.23. The Morgan fingerprint density at radius 2 is 1.88 bits per heavy atom. The molecule has 0 aromatic heterocycles. The summed E-state index contributed by atoms with van der Waals surface area (Å²) in [6, 6.07) is 13.5. The maximum atomic E-state index is 10.7. The van der Waals surface area contributed by atoms with E-state index in [-0.39, 0.29) is 5.69 Å². The zero-order valence-electron chi connectivity index (χ0n) is 14.8. The number of hydrogen-bond acceptors (Lipinski definition) is 5. The number of non-ortho nitro benzene ring substituents is 1. The van der Waals surface area contributed by atoms with Crippen molar-refractivity contribution in [2.45, 2.75) is 20.3 Å². The van der Waals surface area contributed by atoms with Crippen molar-refractivity contribution in [1.29, 1.82) is 5.26 Å². The Morgan fingerprint density at radius 3 is 2.46 bits per heavy atom. The van der Waals surface area contributed by atoms with Crippen LogP contribution >= 0.6 is 0 Å². The zero-order valence-corrected chi connectivity index (χ0v) is 14.8. The maximum absolute atomic E-state index is 10.7. The summed E-state index contributed by atoms with van der Waals surface area (Å²) in [4.78, 5) is 10.3. The molecular weight excluding hydrogens is 332 g/mol. The first-order valence-electron chi connectivity index (χ1n) is 8.35. The van der Waals surface area contributed by atoms with Crippen LogP contribution in [0.25, 0.3) is 11.6 Å². The van der Waals surface area contributed by atoms with Crippen LogP contribution in [0.15, 0.2) is 42.5 Å². The quantitative estimate of drug-likeness (QED) is 0.293. The summed E-state index contributed by atoms with van der Waals surface area (Å²) in [5.74, 6) is 1.29. The van der Waals surface area contributed by atoms with Gasteiger partial charge in [0.2, 0.25) is 0 Å². The highest BCUT2D eigenvalue weighted by Crippen LogP contribution is 2.30. The smallest absolute Gasteiger partial charge is 0.269 e. The summed E-state index contributed by atoms with van der Waals surface area (Å²) < 4.78 is 11.3. The third-order valence-electron chi connectivity index (χ3n) is 3.55. The van der Waals surface area contributed by atoms with Crippen LogP contribution in [0, 0.1) is 21.4 Å². The van der Waals surface area contributed by atoms with Crippen LogP contribution in [-0.2, 0) is 0 Å². The number of nitriles is 1. The number of rotatable bonds is 8. The highest BCUT2D eigenvalue weighted by molar-refractivity contribution is 5.90. The molecule has 0 spiro atoms. The molecule has 0 atom stereocenters. The number of ether oxygens (including phenoxy) is 2. The summed E-state index contributed by atoms with van der Waals surface area (Å²) >= 11 is 0. The zero-order chi connectivity index (χ0) is 18.9. The summed E-state index contributed by atoms with van der Waals surface area (Å²) in [6.45, 7) is 5.02. The summed E-state index contributed by atoms with van der Waals surface area (Å²) in [5, 5.41) is 20.2. The van der Waals surface area contributed by atoms with Crippen LogP contribution < -0.4 is 9.47 Å². The first-order valence-corrected chi connectivity index (χ1v) is 8.35. The standard InChI is InChI=1S/C20H20N2O4/c1-3-11-26-19-10-5-15(13-20(19)25-4-2)12-17(14-21)16-6-8-18(9-7-16)22(23)24/h5-10,12-13H,3-4,11H2,1-2H3/b17-12+. The molecule has 0 bridgehead atoms. The Labute approximate surface area is 152 Å². The van der Waals surface area contributed by atoms with E-state index in [9.17, 15) is 15.4 Å². The van der Waals surface area contributed by atoms with Crippen LogP contribution in [0.5, 0.6) is 11.5 Å². The number of nitro benzene ring substituents is 1. The van der Waals surface area contributed by atoms with Gasteiger partial charge in [-0.3, -0.25) is 10.1 Å². The van der Waals surface area contributed by atoms with Gasteiger partial charge < -0.3 is 9.47 Å². The van der Waals surface area contributed by atoms with E-state index in [1.165, 1.54) is 12.1 Å². The highest BCUT2D eigenvalue weighted by atomic mass is 16.6. The van der Waals surface area contributed by atoms with E-state index in [0.717, 1.165) is 12.0 Å². The van der Waals surface area contributed by atoms with E-state index in [2.05, 4.69) is 6.07 Å². The topological polar surface area (TPSA) is 85.4 Å². The van der Waals surface area contributed by atoms with E-state index >= 15 is 0 Å². The molecule has 0 amide bonds. The summed E-state index contributed by atoms with van der Waals surface area (Å²) in [7, 11) is 0. The molecule has 0 aliphatic rings. The molecule has 6 heteroatoms. The lowest BCUT2D eigenvalue weighted by molar-refractivity contribution is -0.384. The first-order chi connectivity index (χ1) is 12.6. The molecule has 0 saturated carbocycles. The monoisotopic (exact) mass is 352 g/mol. The third kappa shape index (κ3) is 4.84. The van der Waals surface area contributed by atoms with E-state index in [4.69, 9.17) is 9.47 Å². The second-order valence-electron chi connectivity index (χ2n) is 5.46. The lowest BCUT2D eigenvalue weighted by atomic mass is 10.0. The van der Waals surface area contributed by atoms with E-state index < -0.39 is 4.92 Å². The molecule has 0 heterocycles. The largest absolute Gasteiger partial charge is 0.490 e. The normalized spacial score (nSPS) is 10.9. The van der Waals surface area contributed by atoms with Gasteiger partial charge in [0, 0.05) is 12.1 Å². The minimum atomic E-state index is -0.469. The Bertz CT molecular complexity index is 836. The van der Waals surface area contributed by atoms with Crippen LogP contribution in [0.4, 0.5) is 5.69 Å². The molecule has 2 aromatic rings. The minimum absolute atomic E-state index is 0.0119. The molecule has 0 N–H and O–H groups in total. The van der Waals surface area contributed by atoms with Gasteiger partial charge in [-0.25, -0.2) is 0 Å². The van der Waals surface area contributed by atoms with Crippen molar-refractivity contribution in [3.05, 3.63) is 63.7 Å². The molecule has 6 nitrogen and oxygen atoms in total. The van der Waals surface area contributed by atoms with Crippen molar-refractivity contribution < 1.29 is 14.4 Å². The van der Waals surface area contributed by atoms with Crippen molar-refractivity contribution in [2.24, 2.45) is 0 Å². The molecule has 26 heavy (non-hydrogen) atoms. The lowest BCUT2D eigenvalue weighted by Crippen LogP contribution is -2.00. The van der Waals surface area contributed by atoms with Gasteiger partial charge in [0.05, 0.1) is 29.8 Å². The molecule has 0 aliphatic carbocycles. The van der Waals surface area contributed by atoms with Gasteiger partial charge in [-0.1, -0.05) is 13.0 Å². The van der Waals surface area contributed by atoms with Crippen molar-refractivity contribution in [1.82, 2.24) is 0 Å². The lowest BCUT2D eigenvalue weighted by Gasteiger charge is -2.12. The Kier molecular flexibility index (Phi) is 6.75. The van der Waals surface area contributed by atoms with Gasteiger partial charge in [-0.15, -0.1) is 0 Å². The van der Waals surface area contributed by atoms with Crippen LogP contribution in [0.2, 0.25) is 0 Å². The van der Waals surface area contributed by atoms with E-state index in [1.54, 1.807) is 18.2 Å². The fourth-order valence-corrected chi connectivity index (χ4v) is 2.32. The molecule has 0 saturated heterocycles. The van der Waals surface area contributed by atoms with E-state index in [1.807, 2.05) is 32.0 Å². The van der Waals surface area contributed by atoms with Crippen molar-refractivity contribution in [3.63, 3.8) is 0 Å². The van der Waals surface area contributed by atoms with Gasteiger partial charge in [-0.2, -0.15) is 5.26 Å². The molecule has 2 rings (SSSR count). The average Bonchev–Trinajstić information content (AvgIpc) is 2.65. The maximum Gasteiger partial charge on any atom is 0.269 e.